The molecule has 0 atom stereocenters. The Kier molecular flexibility index (Phi) is 3.65. The first-order chi connectivity index (χ1) is 12.2. The van der Waals surface area contributed by atoms with Crippen LogP contribution in [0.25, 0.3) is 16.7 Å². The second-order valence-corrected chi connectivity index (χ2v) is 5.70. The number of aromatic nitrogens is 3. The highest BCUT2D eigenvalue weighted by Gasteiger charge is 2.13. The van der Waals surface area contributed by atoms with Gasteiger partial charge in [0.15, 0.2) is 5.65 Å². The zero-order valence-electron chi connectivity index (χ0n) is 14.0. The number of benzene rings is 1. The van der Waals surface area contributed by atoms with Gasteiger partial charge < -0.3 is 9.47 Å². The fourth-order valence-corrected chi connectivity index (χ4v) is 2.98. The molecule has 0 aliphatic heterocycles. The Morgan fingerprint density at radius 3 is 2.48 bits per heavy atom. The van der Waals surface area contributed by atoms with Gasteiger partial charge >= 0.3 is 0 Å². The topological polar surface area (TPSA) is 57.8 Å². The third-order valence-corrected chi connectivity index (χ3v) is 4.27. The van der Waals surface area contributed by atoms with E-state index in [4.69, 9.17) is 9.47 Å². The van der Waals surface area contributed by atoms with Crippen LogP contribution in [-0.4, -0.2) is 28.2 Å². The summed E-state index contributed by atoms with van der Waals surface area (Å²) in [6, 6.07) is 15.0. The van der Waals surface area contributed by atoms with E-state index in [9.17, 15) is 4.79 Å². The summed E-state index contributed by atoms with van der Waals surface area (Å²) < 4.78 is 14.0. The van der Waals surface area contributed by atoms with Crippen LogP contribution in [0.1, 0.15) is 5.56 Å². The number of hydrogen-bond acceptors (Lipinski definition) is 4. The van der Waals surface area contributed by atoms with E-state index in [0.29, 0.717) is 23.6 Å². The SMILES string of the molecule is COc1ccc(Cn2c(=O)c3cccn3c3nc(OC)ccc32)cc1. The highest BCUT2D eigenvalue weighted by Crippen LogP contribution is 2.19. The summed E-state index contributed by atoms with van der Waals surface area (Å²) in [6.45, 7) is 0.453. The number of methoxy groups -OCH3 is 2. The third kappa shape index (κ3) is 2.52. The van der Waals surface area contributed by atoms with Gasteiger partial charge in [0.2, 0.25) is 5.88 Å². The first-order valence-electron chi connectivity index (χ1n) is 7.89. The number of rotatable bonds is 4. The van der Waals surface area contributed by atoms with Crippen molar-refractivity contribution in [2.45, 2.75) is 6.54 Å². The molecule has 0 radical (unpaired) electrons. The van der Waals surface area contributed by atoms with Gasteiger partial charge in [0, 0.05) is 12.3 Å². The number of hydrogen-bond donors (Lipinski definition) is 0. The minimum atomic E-state index is -0.0553. The minimum absolute atomic E-state index is 0.0553. The van der Waals surface area contributed by atoms with Crippen molar-refractivity contribution in [3.63, 3.8) is 0 Å². The minimum Gasteiger partial charge on any atom is -0.497 e. The summed E-state index contributed by atoms with van der Waals surface area (Å²) in [5.41, 5.74) is 2.98. The average Bonchev–Trinajstić information content (AvgIpc) is 3.15. The van der Waals surface area contributed by atoms with E-state index < -0.39 is 0 Å². The normalized spacial score (nSPS) is 11.1. The lowest BCUT2D eigenvalue weighted by Crippen LogP contribution is -2.23. The summed E-state index contributed by atoms with van der Waals surface area (Å²) in [6.07, 6.45) is 1.84. The van der Waals surface area contributed by atoms with Gasteiger partial charge in [0.25, 0.3) is 5.56 Å². The van der Waals surface area contributed by atoms with Gasteiger partial charge in [-0.1, -0.05) is 12.1 Å². The molecule has 0 saturated carbocycles. The molecule has 126 valence electrons. The van der Waals surface area contributed by atoms with Crippen LogP contribution in [0.5, 0.6) is 11.6 Å². The summed E-state index contributed by atoms with van der Waals surface area (Å²) in [5, 5.41) is 0. The van der Waals surface area contributed by atoms with E-state index in [1.807, 2.05) is 42.6 Å². The Bertz CT molecular complexity index is 1110. The lowest BCUT2D eigenvalue weighted by Gasteiger charge is -2.13. The molecule has 6 heteroatoms. The highest BCUT2D eigenvalue weighted by molar-refractivity contribution is 5.76. The van der Waals surface area contributed by atoms with Gasteiger partial charge in [-0.25, -0.2) is 0 Å². The first kappa shape index (κ1) is 15.3. The molecule has 25 heavy (non-hydrogen) atoms. The summed E-state index contributed by atoms with van der Waals surface area (Å²) in [7, 11) is 3.21. The molecule has 0 fully saturated rings. The number of ether oxygens (including phenoxy) is 2. The number of pyridine rings is 1. The standard InChI is InChI=1S/C19H17N3O3/c1-24-14-7-5-13(6-8-14)12-22-15-9-10-17(25-2)20-18(15)21-11-3-4-16(21)19(22)23/h3-11H,12H2,1-2H3. The monoisotopic (exact) mass is 335 g/mol. The molecule has 6 nitrogen and oxygen atoms in total. The van der Waals surface area contributed by atoms with Crippen molar-refractivity contribution in [2.75, 3.05) is 14.2 Å². The number of nitrogens with zero attached hydrogens (tertiary/aromatic N) is 3. The summed E-state index contributed by atoms with van der Waals surface area (Å²) in [5.74, 6) is 1.30. The van der Waals surface area contributed by atoms with Crippen LogP contribution in [0.4, 0.5) is 0 Å². The van der Waals surface area contributed by atoms with Crippen LogP contribution in [-0.2, 0) is 6.54 Å². The lowest BCUT2D eigenvalue weighted by molar-refractivity contribution is 0.399. The molecule has 0 bridgehead atoms. The molecule has 0 amide bonds. The van der Waals surface area contributed by atoms with Gasteiger partial charge in [-0.3, -0.25) is 13.8 Å². The molecule has 4 rings (SSSR count). The zero-order chi connectivity index (χ0) is 17.4. The number of fused-ring (bicyclic) bond motifs is 3. The van der Waals surface area contributed by atoms with Crippen LogP contribution in [0, 0.1) is 0 Å². The molecule has 0 N–H and O–H groups in total. The average molecular weight is 335 g/mol. The highest BCUT2D eigenvalue weighted by atomic mass is 16.5. The van der Waals surface area contributed by atoms with Crippen LogP contribution in [0.3, 0.4) is 0 Å². The van der Waals surface area contributed by atoms with Crippen molar-refractivity contribution in [1.29, 1.82) is 0 Å². The van der Waals surface area contributed by atoms with Crippen molar-refractivity contribution >= 4 is 16.7 Å². The van der Waals surface area contributed by atoms with Crippen molar-refractivity contribution in [3.8, 4) is 11.6 Å². The van der Waals surface area contributed by atoms with Gasteiger partial charge in [-0.05, 0) is 35.9 Å². The maximum absolute atomic E-state index is 12.9. The van der Waals surface area contributed by atoms with E-state index >= 15 is 0 Å². The molecule has 3 heterocycles. The van der Waals surface area contributed by atoms with Gasteiger partial charge in [0.1, 0.15) is 11.3 Å². The predicted octanol–water partition coefficient (Wildman–Crippen LogP) is 2.71. The van der Waals surface area contributed by atoms with Crippen LogP contribution < -0.4 is 15.0 Å². The van der Waals surface area contributed by atoms with Crippen LogP contribution in [0.2, 0.25) is 0 Å². The van der Waals surface area contributed by atoms with Crippen molar-refractivity contribution in [3.05, 3.63) is 70.6 Å². The van der Waals surface area contributed by atoms with E-state index in [1.165, 1.54) is 0 Å². The van der Waals surface area contributed by atoms with Crippen LogP contribution in [0.15, 0.2) is 59.5 Å². The van der Waals surface area contributed by atoms with E-state index in [1.54, 1.807) is 35.3 Å². The quantitative estimate of drug-likeness (QED) is 0.575. The molecule has 0 unspecified atom stereocenters. The molecular formula is C19H17N3O3. The third-order valence-electron chi connectivity index (χ3n) is 4.27. The van der Waals surface area contributed by atoms with E-state index in [2.05, 4.69) is 4.98 Å². The van der Waals surface area contributed by atoms with Crippen molar-refractivity contribution < 1.29 is 9.47 Å². The molecule has 4 aromatic rings. The Balaban J connectivity index is 1.94. The molecule has 1 aromatic carbocycles. The van der Waals surface area contributed by atoms with Crippen LogP contribution >= 0.6 is 0 Å². The largest absolute Gasteiger partial charge is 0.497 e. The summed E-state index contributed by atoms with van der Waals surface area (Å²) in [4.78, 5) is 17.5. The Morgan fingerprint density at radius 1 is 0.960 bits per heavy atom. The maximum Gasteiger partial charge on any atom is 0.275 e. The molecule has 0 spiro atoms. The summed E-state index contributed by atoms with van der Waals surface area (Å²) >= 11 is 0. The zero-order valence-corrected chi connectivity index (χ0v) is 14.0. The van der Waals surface area contributed by atoms with E-state index in [-0.39, 0.29) is 5.56 Å². The van der Waals surface area contributed by atoms with Crippen molar-refractivity contribution in [1.82, 2.24) is 14.0 Å². The van der Waals surface area contributed by atoms with Gasteiger partial charge in [-0.2, -0.15) is 4.98 Å². The second kappa shape index (κ2) is 5.98. The lowest BCUT2D eigenvalue weighted by atomic mass is 10.2. The predicted molar refractivity (Wildman–Crippen MR) is 95.6 cm³/mol. The Morgan fingerprint density at radius 2 is 1.76 bits per heavy atom. The van der Waals surface area contributed by atoms with Gasteiger partial charge in [0.05, 0.1) is 26.3 Å². The van der Waals surface area contributed by atoms with E-state index in [0.717, 1.165) is 16.8 Å². The Hall–Kier alpha value is -3.28. The maximum atomic E-state index is 12.9. The molecular weight excluding hydrogens is 318 g/mol. The smallest absolute Gasteiger partial charge is 0.275 e. The Labute approximate surface area is 143 Å². The van der Waals surface area contributed by atoms with Gasteiger partial charge in [-0.15, -0.1) is 0 Å². The fourth-order valence-electron chi connectivity index (χ4n) is 2.98. The fraction of sp³-hybridized carbons (Fsp3) is 0.158. The molecule has 3 aromatic heterocycles. The van der Waals surface area contributed by atoms with Crippen molar-refractivity contribution in [2.24, 2.45) is 0 Å². The molecule has 0 aliphatic rings. The molecule has 0 saturated heterocycles. The second-order valence-electron chi connectivity index (χ2n) is 5.70. The first-order valence-corrected chi connectivity index (χ1v) is 7.89. The molecule has 0 aliphatic carbocycles.